The number of rotatable bonds is 10. The van der Waals surface area contributed by atoms with Crippen LogP contribution in [0.5, 0.6) is 0 Å². The summed E-state index contributed by atoms with van der Waals surface area (Å²) in [4.78, 5) is 11.0. The van der Waals surface area contributed by atoms with E-state index in [2.05, 4.69) is 26.1 Å². The fraction of sp³-hybridized carbons (Fsp3) is 0.923. The van der Waals surface area contributed by atoms with Crippen LogP contribution in [-0.4, -0.2) is 35.4 Å². The predicted octanol–water partition coefficient (Wildman–Crippen LogP) is 2.02. The highest BCUT2D eigenvalue weighted by Crippen LogP contribution is 2.21. The Morgan fingerprint density at radius 3 is 2.47 bits per heavy atom. The highest BCUT2D eigenvalue weighted by atomic mass is 16.4. The van der Waals surface area contributed by atoms with Gasteiger partial charge in [0.2, 0.25) is 0 Å². The summed E-state index contributed by atoms with van der Waals surface area (Å²) in [5.74, 6) is -0.767. The highest BCUT2D eigenvalue weighted by molar-refractivity contribution is 5.73. The third-order valence-electron chi connectivity index (χ3n) is 2.98. The second-order valence-electron chi connectivity index (χ2n) is 5.41. The largest absolute Gasteiger partial charge is 0.480 e. The van der Waals surface area contributed by atoms with E-state index in [4.69, 9.17) is 10.2 Å². The summed E-state index contributed by atoms with van der Waals surface area (Å²) in [7, 11) is 0. The van der Waals surface area contributed by atoms with Gasteiger partial charge >= 0.3 is 5.97 Å². The molecule has 0 aliphatic rings. The van der Waals surface area contributed by atoms with Gasteiger partial charge in [-0.15, -0.1) is 0 Å². The van der Waals surface area contributed by atoms with E-state index in [1.807, 2.05) is 0 Å². The van der Waals surface area contributed by atoms with Crippen molar-refractivity contribution in [1.29, 1.82) is 0 Å². The summed E-state index contributed by atoms with van der Waals surface area (Å²) >= 11 is 0. The molecule has 0 radical (unpaired) electrons. The molecule has 0 aliphatic heterocycles. The summed E-state index contributed by atoms with van der Waals surface area (Å²) in [5, 5.41) is 21.0. The van der Waals surface area contributed by atoms with Crippen LogP contribution in [0.1, 0.15) is 52.9 Å². The summed E-state index contributed by atoms with van der Waals surface area (Å²) in [6.45, 7) is 7.11. The van der Waals surface area contributed by atoms with E-state index in [-0.39, 0.29) is 12.0 Å². The molecule has 17 heavy (non-hydrogen) atoms. The molecule has 3 N–H and O–H groups in total. The molecule has 1 unspecified atom stereocenters. The standard InChI is InChI=1S/C13H27NO3/c1-4-5-7-11(12(16)17)14-10-13(2,3)8-6-9-15/h11,14-15H,4-10H2,1-3H3,(H,16,17). The van der Waals surface area contributed by atoms with Gasteiger partial charge in [-0.05, 0) is 24.7 Å². The van der Waals surface area contributed by atoms with Crippen molar-refractivity contribution in [2.45, 2.75) is 58.9 Å². The third-order valence-corrected chi connectivity index (χ3v) is 2.98. The van der Waals surface area contributed by atoms with E-state index in [0.717, 1.165) is 25.7 Å². The Kier molecular flexibility index (Phi) is 8.17. The first-order chi connectivity index (χ1) is 7.93. The maximum atomic E-state index is 11.0. The lowest BCUT2D eigenvalue weighted by Crippen LogP contribution is -2.41. The van der Waals surface area contributed by atoms with E-state index < -0.39 is 12.0 Å². The Labute approximate surface area is 104 Å². The van der Waals surface area contributed by atoms with Gasteiger partial charge in [0, 0.05) is 13.2 Å². The van der Waals surface area contributed by atoms with Gasteiger partial charge in [-0.3, -0.25) is 4.79 Å². The molecular formula is C13H27NO3. The number of aliphatic carboxylic acids is 1. The Morgan fingerprint density at radius 2 is 2.00 bits per heavy atom. The number of aliphatic hydroxyl groups is 1. The first-order valence-corrected chi connectivity index (χ1v) is 6.50. The molecule has 0 saturated carbocycles. The lowest BCUT2D eigenvalue weighted by Gasteiger charge is -2.27. The van der Waals surface area contributed by atoms with Crippen LogP contribution < -0.4 is 5.32 Å². The van der Waals surface area contributed by atoms with Gasteiger partial charge in [-0.1, -0.05) is 33.6 Å². The van der Waals surface area contributed by atoms with Gasteiger partial charge in [0.1, 0.15) is 6.04 Å². The summed E-state index contributed by atoms with van der Waals surface area (Å²) in [6.07, 6.45) is 4.29. The zero-order valence-electron chi connectivity index (χ0n) is 11.3. The number of aliphatic hydroxyl groups excluding tert-OH is 1. The van der Waals surface area contributed by atoms with E-state index >= 15 is 0 Å². The maximum absolute atomic E-state index is 11.0. The second-order valence-corrected chi connectivity index (χ2v) is 5.41. The Balaban J connectivity index is 4.05. The van der Waals surface area contributed by atoms with Crippen LogP contribution in [0.25, 0.3) is 0 Å². The zero-order chi connectivity index (χ0) is 13.3. The molecule has 0 fully saturated rings. The van der Waals surface area contributed by atoms with Gasteiger partial charge in [0.05, 0.1) is 0 Å². The number of nitrogens with one attached hydrogen (secondary N) is 1. The molecule has 4 nitrogen and oxygen atoms in total. The summed E-state index contributed by atoms with van der Waals surface area (Å²) in [6, 6.07) is -0.441. The minimum atomic E-state index is -0.767. The molecule has 0 aromatic carbocycles. The van der Waals surface area contributed by atoms with Crippen molar-refractivity contribution < 1.29 is 15.0 Å². The molecule has 0 aliphatic carbocycles. The molecule has 0 aromatic heterocycles. The Hall–Kier alpha value is -0.610. The van der Waals surface area contributed by atoms with E-state index in [0.29, 0.717) is 13.0 Å². The third kappa shape index (κ3) is 8.16. The summed E-state index contributed by atoms with van der Waals surface area (Å²) < 4.78 is 0. The molecule has 0 bridgehead atoms. The number of carboxylic acids is 1. The van der Waals surface area contributed by atoms with E-state index in [9.17, 15) is 4.79 Å². The molecule has 0 aromatic rings. The van der Waals surface area contributed by atoms with Crippen LogP contribution in [0.4, 0.5) is 0 Å². The molecule has 0 heterocycles. The SMILES string of the molecule is CCCCC(NCC(C)(C)CCCO)C(=O)O. The van der Waals surface area contributed by atoms with Crippen LogP contribution in [-0.2, 0) is 4.79 Å². The lowest BCUT2D eigenvalue weighted by molar-refractivity contribution is -0.139. The summed E-state index contributed by atoms with van der Waals surface area (Å²) in [5.41, 5.74) is 0.0304. The number of unbranched alkanes of at least 4 members (excludes halogenated alkanes) is 1. The van der Waals surface area contributed by atoms with Gasteiger partial charge in [-0.25, -0.2) is 0 Å². The smallest absolute Gasteiger partial charge is 0.320 e. The average Bonchev–Trinajstić information content (AvgIpc) is 2.26. The molecule has 0 amide bonds. The first kappa shape index (κ1) is 16.4. The minimum Gasteiger partial charge on any atom is -0.480 e. The van der Waals surface area contributed by atoms with Crippen molar-refractivity contribution in [2.75, 3.05) is 13.2 Å². The minimum absolute atomic E-state index is 0.0304. The van der Waals surface area contributed by atoms with Gasteiger partial charge in [0.25, 0.3) is 0 Å². The number of carbonyl (C=O) groups is 1. The average molecular weight is 245 g/mol. The van der Waals surface area contributed by atoms with Crippen molar-refractivity contribution in [3.05, 3.63) is 0 Å². The highest BCUT2D eigenvalue weighted by Gasteiger charge is 2.22. The van der Waals surface area contributed by atoms with Gasteiger partial charge < -0.3 is 15.5 Å². The predicted molar refractivity (Wildman–Crippen MR) is 69.1 cm³/mol. The molecule has 0 spiro atoms. The molecule has 0 saturated heterocycles. The lowest BCUT2D eigenvalue weighted by atomic mass is 9.87. The maximum Gasteiger partial charge on any atom is 0.320 e. The molecule has 0 rings (SSSR count). The quantitative estimate of drug-likeness (QED) is 0.551. The van der Waals surface area contributed by atoms with Crippen LogP contribution in [0.15, 0.2) is 0 Å². The Bertz CT molecular complexity index is 217. The van der Waals surface area contributed by atoms with Crippen molar-refractivity contribution in [3.63, 3.8) is 0 Å². The topological polar surface area (TPSA) is 69.6 Å². The fourth-order valence-electron chi connectivity index (χ4n) is 1.77. The van der Waals surface area contributed by atoms with Crippen LogP contribution >= 0.6 is 0 Å². The van der Waals surface area contributed by atoms with Crippen LogP contribution in [0.3, 0.4) is 0 Å². The first-order valence-electron chi connectivity index (χ1n) is 6.50. The number of hydrogen-bond acceptors (Lipinski definition) is 3. The normalized spacial score (nSPS) is 13.6. The molecular weight excluding hydrogens is 218 g/mol. The Morgan fingerprint density at radius 1 is 1.35 bits per heavy atom. The zero-order valence-corrected chi connectivity index (χ0v) is 11.3. The number of carboxylic acid groups (broad SMARTS) is 1. The van der Waals surface area contributed by atoms with Crippen molar-refractivity contribution in [3.8, 4) is 0 Å². The monoisotopic (exact) mass is 245 g/mol. The van der Waals surface area contributed by atoms with Crippen molar-refractivity contribution in [2.24, 2.45) is 5.41 Å². The fourth-order valence-corrected chi connectivity index (χ4v) is 1.77. The number of hydrogen-bond donors (Lipinski definition) is 3. The molecule has 1 atom stereocenters. The van der Waals surface area contributed by atoms with Gasteiger partial charge in [0.15, 0.2) is 0 Å². The van der Waals surface area contributed by atoms with E-state index in [1.54, 1.807) is 0 Å². The molecule has 102 valence electrons. The van der Waals surface area contributed by atoms with Gasteiger partial charge in [-0.2, -0.15) is 0 Å². The van der Waals surface area contributed by atoms with Crippen LogP contribution in [0, 0.1) is 5.41 Å². The molecule has 4 heteroatoms. The van der Waals surface area contributed by atoms with Crippen LogP contribution in [0.2, 0.25) is 0 Å². The van der Waals surface area contributed by atoms with E-state index in [1.165, 1.54) is 0 Å². The second kappa shape index (κ2) is 8.48. The van der Waals surface area contributed by atoms with Crippen molar-refractivity contribution >= 4 is 5.97 Å². The van der Waals surface area contributed by atoms with Crippen molar-refractivity contribution in [1.82, 2.24) is 5.32 Å².